The number of benzene rings is 1. The molecule has 0 unspecified atom stereocenters. The van der Waals surface area contributed by atoms with Crippen LogP contribution in [0.1, 0.15) is 12.5 Å². The van der Waals surface area contributed by atoms with Crippen LogP contribution in [0.15, 0.2) is 28.9 Å². The van der Waals surface area contributed by atoms with Crippen molar-refractivity contribution >= 4 is 38.6 Å². The maximum absolute atomic E-state index is 3.60. The molecule has 1 aromatic heterocycles. The number of thioether (sulfide) groups is 1. The van der Waals surface area contributed by atoms with Crippen molar-refractivity contribution < 1.29 is 0 Å². The number of aryl methyl sites for hydroxylation is 1. The molecule has 0 aliphatic heterocycles. The Hall–Kier alpha value is -0.410. The number of rotatable bonds is 3. The smallest absolute Gasteiger partial charge is 0.0625 e. The van der Waals surface area contributed by atoms with Gasteiger partial charge in [-0.25, -0.2) is 0 Å². The van der Waals surface area contributed by atoms with Crippen LogP contribution in [0.2, 0.25) is 0 Å². The zero-order valence-electron chi connectivity index (χ0n) is 8.96. The van der Waals surface area contributed by atoms with E-state index < -0.39 is 0 Å². The minimum atomic E-state index is 1.10. The number of halogens is 1. The third kappa shape index (κ3) is 2.08. The normalized spacial score (nSPS) is 11.1. The van der Waals surface area contributed by atoms with Gasteiger partial charge in [0.1, 0.15) is 0 Å². The number of para-hydroxylation sites is 1. The first-order chi connectivity index (χ1) is 7.24. The highest BCUT2D eigenvalue weighted by Crippen LogP contribution is 2.29. The van der Waals surface area contributed by atoms with E-state index in [9.17, 15) is 0 Å². The highest BCUT2D eigenvalue weighted by atomic mass is 79.9. The summed E-state index contributed by atoms with van der Waals surface area (Å²) in [6, 6.07) is 6.40. The summed E-state index contributed by atoms with van der Waals surface area (Å²) in [5, 5.41) is 1.37. The number of hydrogen-bond donors (Lipinski definition) is 0. The van der Waals surface area contributed by atoms with E-state index in [2.05, 4.69) is 58.9 Å². The van der Waals surface area contributed by atoms with Gasteiger partial charge in [0.15, 0.2) is 0 Å². The molecule has 2 rings (SSSR count). The standard InChI is InChI=1S/C12H14BrNS/c1-3-15-8-9-7-14(2)12-10(9)5-4-6-11(12)13/h4-7H,3,8H2,1-2H3. The number of nitrogens with zero attached hydrogens (tertiary/aromatic N) is 1. The van der Waals surface area contributed by atoms with Crippen LogP contribution in [0.25, 0.3) is 10.9 Å². The fourth-order valence-corrected chi connectivity index (χ4v) is 3.13. The third-order valence-corrected chi connectivity index (χ3v) is 4.06. The van der Waals surface area contributed by atoms with E-state index >= 15 is 0 Å². The van der Waals surface area contributed by atoms with Gasteiger partial charge in [0.05, 0.1) is 5.52 Å². The molecule has 0 spiro atoms. The zero-order chi connectivity index (χ0) is 10.8. The van der Waals surface area contributed by atoms with Gasteiger partial charge in [-0.15, -0.1) is 0 Å². The molecule has 0 saturated carbocycles. The lowest BCUT2D eigenvalue weighted by Gasteiger charge is -1.99. The van der Waals surface area contributed by atoms with Crippen molar-refractivity contribution in [3.05, 3.63) is 34.4 Å². The molecule has 0 radical (unpaired) electrons. The van der Waals surface area contributed by atoms with Crippen LogP contribution in [-0.4, -0.2) is 10.3 Å². The second-order valence-corrected chi connectivity index (χ2v) is 5.67. The van der Waals surface area contributed by atoms with E-state index in [0.29, 0.717) is 0 Å². The fourth-order valence-electron chi connectivity index (χ4n) is 1.83. The van der Waals surface area contributed by atoms with Crippen LogP contribution in [0.5, 0.6) is 0 Å². The molecule has 0 fully saturated rings. The Labute approximate surface area is 103 Å². The topological polar surface area (TPSA) is 4.93 Å². The van der Waals surface area contributed by atoms with Crippen LogP contribution >= 0.6 is 27.7 Å². The van der Waals surface area contributed by atoms with Gasteiger partial charge in [0.25, 0.3) is 0 Å². The van der Waals surface area contributed by atoms with E-state index in [1.165, 1.54) is 26.7 Å². The Morgan fingerprint density at radius 1 is 1.40 bits per heavy atom. The third-order valence-electron chi connectivity index (χ3n) is 2.50. The van der Waals surface area contributed by atoms with Crippen molar-refractivity contribution in [1.82, 2.24) is 4.57 Å². The molecule has 80 valence electrons. The van der Waals surface area contributed by atoms with E-state index in [1.807, 2.05) is 11.8 Å². The second kappa shape index (κ2) is 4.62. The molecule has 1 heterocycles. The van der Waals surface area contributed by atoms with Gasteiger partial charge >= 0.3 is 0 Å². The lowest BCUT2D eigenvalue weighted by atomic mass is 10.2. The van der Waals surface area contributed by atoms with E-state index in [4.69, 9.17) is 0 Å². The lowest BCUT2D eigenvalue weighted by molar-refractivity contribution is 0.960. The quantitative estimate of drug-likeness (QED) is 0.818. The molecule has 15 heavy (non-hydrogen) atoms. The molecule has 0 aliphatic carbocycles. The van der Waals surface area contributed by atoms with Crippen molar-refractivity contribution in [1.29, 1.82) is 0 Å². The van der Waals surface area contributed by atoms with Gasteiger partial charge in [-0.2, -0.15) is 11.8 Å². The highest BCUT2D eigenvalue weighted by Gasteiger charge is 2.08. The molecular formula is C12H14BrNS. The molecule has 0 aliphatic rings. The van der Waals surface area contributed by atoms with Crippen LogP contribution in [0, 0.1) is 0 Å². The summed E-state index contributed by atoms with van der Waals surface area (Å²) in [6.07, 6.45) is 2.23. The highest BCUT2D eigenvalue weighted by molar-refractivity contribution is 9.10. The Bertz CT molecular complexity index is 476. The lowest BCUT2D eigenvalue weighted by Crippen LogP contribution is -1.83. The van der Waals surface area contributed by atoms with Crippen molar-refractivity contribution in [3.63, 3.8) is 0 Å². The Kier molecular flexibility index (Phi) is 3.42. The predicted octanol–water partition coefficient (Wildman–Crippen LogP) is 4.19. The first kappa shape index (κ1) is 11.1. The van der Waals surface area contributed by atoms with E-state index in [1.54, 1.807) is 0 Å². The van der Waals surface area contributed by atoms with Gasteiger partial charge in [0.2, 0.25) is 0 Å². The molecule has 2 aromatic rings. The summed E-state index contributed by atoms with van der Waals surface area (Å²) in [4.78, 5) is 0. The van der Waals surface area contributed by atoms with Gasteiger partial charge in [-0.3, -0.25) is 0 Å². The van der Waals surface area contributed by atoms with Gasteiger partial charge in [0, 0.05) is 28.9 Å². The summed E-state index contributed by atoms with van der Waals surface area (Å²) in [5.41, 5.74) is 2.73. The van der Waals surface area contributed by atoms with Crippen molar-refractivity contribution in [2.75, 3.05) is 5.75 Å². The van der Waals surface area contributed by atoms with Gasteiger partial charge in [-0.05, 0) is 33.3 Å². The summed E-state index contributed by atoms with van der Waals surface area (Å²) in [6.45, 7) is 2.20. The largest absolute Gasteiger partial charge is 0.349 e. The maximum Gasteiger partial charge on any atom is 0.0625 e. The first-order valence-electron chi connectivity index (χ1n) is 5.04. The van der Waals surface area contributed by atoms with Crippen molar-refractivity contribution in [3.8, 4) is 0 Å². The summed E-state index contributed by atoms with van der Waals surface area (Å²) >= 11 is 5.57. The van der Waals surface area contributed by atoms with Crippen LogP contribution in [0.4, 0.5) is 0 Å². The minimum absolute atomic E-state index is 1.10. The predicted molar refractivity (Wildman–Crippen MR) is 72.5 cm³/mol. The summed E-state index contributed by atoms with van der Waals surface area (Å²) in [5.74, 6) is 2.27. The number of fused-ring (bicyclic) bond motifs is 1. The molecule has 0 atom stereocenters. The Morgan fingerprint density at radius 3 is 2.93 bits per heavy atom. The molecule has 3 heteroatoms. The van der Waals surface area contributed by atoms with Crippen LogP contribution in [-0.2, 0) is 12.8 Å². The average Bonchev–Trinajstić information content (AvgIpc) is 2.54. The number of aromatic nitrogens is 1. The van der Waals surface area contributed by atoms with Gasteiger partial charge < -0.3 is 4.57 Å². The van der Waals surface area contributed by atoms with E-state index in [0.717, 1.165) is 5.75 Å². The molecule has 1 aromatic carbocycles. The second-order valence-electron chi connectivity index (χ2n) is 3.54. The maximum atomic E-state index is 3.60. The summed E-state index contributed by atoms with van der Waals surface area (Å²) < 4.78 is 3.38. The molecule has 0 amide bonds. The number of hydrogen-bond acceptors (Lipinski definition) is 1. The fraction of sp³-hybridized carbons (Fsp3) is 0.333. The molecule has 0 saturated heterocycles. The molecule has 0 bridgehead atoms. The Morgan fingerprint density at radius 2 is 2.20 bits per heavy atom. The first-order valence-corrected chi connectivity index (χ1v) is 6.99. The molecular weight excluding hydrogens is 270 g/mol. The average molecular weight is 284 g/mol. The van der Waals surface area contributed by atoms with Crippen molar-refractivity contribution in [2.24, 2.45) is 7.05 Å². The zero-order valence-corrected chi connectivity index (χ0v) is 11.4. The molecule has 0 N–H and O–H groups in total. The van der Waals surface area contributed by atoms with Gasteiger partial charge in [-0.1, -0.05) is 19.1 Å². The van der Waals surface area contributed by atoms with E-state index in [-0.39, 0.29) is 0 Å². The summed E-state index contributed by atoms with van der Waals surface area (Å²) in [7, 11) is 2.10. The van der Waals surface area contributed by atoms with Crippen LogP contribution < -0.4 is 0 Å². The van der Waals surface area contributed by atoms with Crippen LogP contribution in [0.3, 0.4) is 0 Å². The SMILES string of the molecule is CCSCc1cn(C)c2c(Br)cccc12. The minimum Gasteiger partial charge on any atom is -0.349 e. The monoisotopic (exact) mass is 283 g/mol. The van der Waals surface area contributed by atoms with Crippen molar-refractivity contribution in [2.45, 2.75) is 12.7 Å². The Balaban J connectivity index is 2.53. The molecule has 1 nitrogen and oxygen atoms in total.